The molecule has 0 saturated heterocycles. The van der Waals surface area contributed by atoms with Crippen molar-refractivity contribution in [2.75, 3.05) is 17.2 Å². The third-order valence-electron chi connectivity index (χ3n) is 3.36. The molecule has 0 saturated carbocycles. The van der Waals surface area contributed by atoms with E-state index in [2.05, 4.69) is 0 Å². The summed E-state index contributed by atoms with van der Waals surface area (Å²) in [7, 11) is 0. The molecule has 1 aliphatic heterocycles. The fourth-order valence-electron chi connectivity index (χ4n) is 1.88. The van der Waals surface area contributed by atoms with Crippen LogP contribution in [0.25, 0.3) is 0 Å². The Morgan fingerprint density at radius 3 is 2.00 bits per heavy atom. The summed E-state index contributed by atoms with van der Waals surface area (Å²) < 4.78 is 5.28. The predicted octanol–water partition coefficient (Wildman–Crippen LogP) is -2.50. The first-order valence-corrected chi connectivity index (χ1v) is 5.38. The maximum atomic E-state index is 12.3. The number of carbonyl (C=O) groups is 1. The molecule has 9 heteroatoms. The van der Waals surface area contributed by atoms with Crippen LogP contribution in [0.5, 0.6) is 5.75 Å². The number of rotatable bonds is 0. The van der Waals surface area contributed by atoms with Gasteiger partial charge in [-0.15, -0.1) is 0 Å². The van der Waals surface area contributed by atoms with E-state index >= 15 is 0 Å². The number of nitrogen functional groups attached to an aromatic ring is 3. The normalized spacial score (nSPS) is 19.7. The van der Waals surface area contributed by atoms with Gasteiger partial charge in [-0.25, -0.2) is 0 Å². The number of anilines is 3. The molecule has 0 radical (unpaired) electrons. The van der Waals surface area contributed by atoms with E-state index < -0.39 is 17.3 Å². The molecule has 9 nitrogen and oxygen atoms in total. The second kappa shape index (κ2) is 3.48. The highest BCUT2D eigenvalue weighted by atomic mass is 16.5. The van der Waals surface area contributed by atoms with Crippen molar-refractivity contribution >= 4 is 22.8 Å². The Kier molecular flexibility index (Phi) is 2.45. The van der Waals surface area contributed by atoms with Crippen LogP contribution in [0.15, 0.2) is 0 Å². The van der Waals surface area contributed by atoms with Gasteiger partial charge in [-0.3, -0.25) is 16.3 Å². The predicted molar refractivity (Wildman–Crippen MR) is 71.6 cm³/mol. The smallest absolute Gasteiger partial charge is 0.252 e. The van der Waals surface area contributed by atoms with E-state index in [0.717, 1.165) is 0 Å². The maximum absolute atomic E-state index is 12.3. The van der Waals surface area contributed by atoms with Crippen LogP contribution < -0.4 is 44.9 Å². The molecule has 0 atom stereocenters. The van der Waals surface area contributed by atoms with E-state index in [9.17, 15) is 4.79 Å². The molecular weight excluding hydrogens is 250 g/mol. The monoisotopic (exact) mass is 267 g/mol. The van der Waals surface area contributed by atoms with E-state index in [1.54, 1.807) is 6.92 Å². The number of carbonyl (C=O) groups excluding carboxylic acids is 1. The van der Waals surface area contributed by atoms with Gasteiger partial charge < -0.3 is 33.4 Å². The molecule has 1 aromatic carbocycles. The van der Waals surface area contributed by atoms with Gasteiger partial charge in [0.15, 0.2) is 11.4 Å². The molecule has 0 amide bonds. The van der Waals surface area contributed by atoms with E-state index in [-0.39, 0.29) is 28.4 Å². The Balaban J connectivity index is 2.85. The van der Waals surface area contributed by atoms with Gasteiger partial charge in [-0.05, 0) is 6.92 Å². The number of ketones is 1. The van der Waals surface area contributed by atoms with Gasteiger partial charge >= 0.3 is 0 Å². The molecule has 1 aromatic rings. The molecule has 0 unspecified atom stereocenters. The van der Waals surface area contributed by atoms with Crippen molar-refractivity contribution in [3.05, 3.63) is 11.1 Å². The van der Waals surface area contributed by atoms with Gasteiger partial charge in [-0.1, -0.05) is 0 Å². The van der Waals surface area contributed by atoms with Crippen LogP contribution in [-0.4, -0.2) is 17.3 Å². The standard InChI is InChI=1S/C10H17N7O2/c1-2-4(11)6(13)3-7(5(2)12)19-10(16,17)9(14,15)8(3)18/h11-17H2,1H3. The second-order valence-corrected chi connectivity index (χ2v) is 4.66. The minimum atomic E-state index is -2.15. The third kappa shape index (κ3) is 1.47. The molecule has 1 heterocycles. The summed E-state index contributed by atoms with van der Waals surface area (Å²) >= 11 is 0. The molecule has 0 fully saturated rings. The van der Waals surface area contributed by atoms with Crippen molar-refractivity contribution in [1.82, 2.24) is 0 Å². The van der Waals surface area contributed by atoms with Gasteiger partial charge in [0.2, 0.25) is 5.78 Å². The van der Waals surface area contributed by atoms with Crippen LogP contribution in [-0.2, 0) is 0 Å². The summed E-state index contributed by atoms with van der Waals surface area (Å²) in [5.41, 5.74) is 38.4. The number of nitrogens with two attached hydrogens (primary N) is 7. The quantitative estimate of drug-likeness (QED) is 0.195. The first-order chi connectivity index (χ1) is 8.52. The SMILES string of the molecule is Cc1c(N)c(N)c2c(c1N)OC(N)(N)C(N)(N)C2=O. The average Bonchev–Trinajstić information content (AvgIpc) is 2.31. The van der Waals surface area contributed by atoms with Crippen molar-refractivity contribution in [3.8, 4) is 5.75 Å². The lowest BCUT2D eigenvalue weighted by atomic mass is 9.88. The van der Waals surface area contributed by atoms with Crippen LogP contribution in [0.1, 0.15) is 15.9 Å². The maximum Gasteiger partial charge on any atom is 0.252 e. The highest BCUT2D eigenvalue weighted by Gasteiger charge is 2.55. The summed E-state index contributed by atoms with van der Waals surface area (Å²) in [5.74, 6) is -2.94. The van der Waals surface area contributed by atoms with Crippen molar-refractivity contribution in [2.45, 2.75) is 18.4 Å². The van der Waals surface area contributed by atoms with Gasteiger partial charge in [0.05, 0.1) is 22.6 Å². The summed E-state index contributed by atoms with van der Waals surface area (Å²) in [6.07, 6.45) is 0. The third-order valence-corrected chi connectivity index (χ3v) is 3.36. The second-order valence-electron chi connectivity index (χ2n) is 4.66. The molecule has 0 aromatic heterocycles. The Labute approximate surface area is 109 Å². The number of hydrogen-bond donors (Lipinski definition) is 7. The van der Waals surface area contributed by atoms with Crippen LogP contribution in [0.3, 0.4) is 0 Å². The van der Waals surface area contributed by atoms with E-state index in [1.165, 1.54) is 0 Å². The molecule has 14 N–H and O–H groups in total. The molecule has 0 spiro atoms. The van der Waals surface area contributed by atoms with E-state index in [4.69, 9.17) is 44.9 Å². The van der Waals surface area contributed by atoms with Crippen molar-refractivity contribution in [1.29, 1.82) is 0 Å². The number of benzene rings is 1. The zero-order valence-electron chi connectivity index (χ0n) is 10.4. The number of Topliss-reactive ketones (excluding diaryl/α,β-unsaturated/α-hetero) is 1. The van der Waals surface area contributed by atoms with Crippen molar-refractivity contribution in [2.24, 2.45) is 22.9 Å². The van der Waals surface area contributed by atoms with E-state index in [1.807, 2.05) is 0 Å². The summed E-state index contributed by atoms with van der Waals surface area (Å²) in [5, 5.41) is 0. The summed E-state index contributed by atoms with van der Waals surface area (Å²) in [4.78, 5) is 12.3. The zero-order valence-corrected chi connectivity index (χ0v) is 10.4. The summed E-state index contributed by atoms with van der Waals surface area (Å²) in [6.45, 7) is 1.62. The highest BCUT2D eigenvalue weighted by molar-refractivity contribution is 6.14. The Hall–Kier alpha value is -2.07. The van der Waals surface area contributed by atoms with Crippen LogP contribution in [0.4, 0.5) is 17.1 Å². The van der Waals surface area contributed by atoms with Crippen LogP contribution >= 0.6 is 0 Å². The minimum absolute atomic E-state index is 0.0116. The van der Waals surface area contributed by atoms with Gasteiger partial charge in [0.1, 0.15) is 0 Å². The fourth-order valence-corrected chi connectivity index (χ4v) is 1.88. The van der Waals surface area contributed by atoms with E-state index in [0.29, 0.717) is 5.56 Å². The largest absolute Gasteiger partial charge is 0.453 e. The molecule has 0 bridgehead atoms. The zero-order chi connectivity index (χ0) is 14.7. The lowest BCUT2D eigenvalue weighted by molar-refractivity contribution is -0.00270. The number of fused-ring (bicyclic) bond motifs is 1. The Morgan fingerprint density at radius 2 is 1.47 bits per heavy atom. The van der Waals surface area contributed by atoms with Crippen molar-refractivity contribution < 1.29 is 9.53 Å². The highest BCUT2D eigenvalue weighted by Crippen LogP contribution is 2.44. The van der Waals surface area contributed by atoms with Gasteiger partial charge in [0, 0.05) is 5.56 Å². The first-order valence-electron chi connectivity index (χ1n) is 5.38. The molecule has 0 aliphatic carbocycles. The van der Waals surface area contributed by atoms with Gasteiger partial charge in [-0.2, -0.15) is 0 Å². The van der Waals surface area contributed by atoms with Crippen molar-refractivity contribution in [3.63, 3.8) is 0 Å². The molecular formula is C10H17N7O2. The fraction of sp³-hybridized carbons (Fsp3) is 0.300. The molecule has 2 rings (SSSR count). The molecule has 1 aliphatic rings. The molecule has 19 heavy (non-hydrogen) atoms. The number of ether oxygens (including phenoxy) is 1. The Bertz CT molecular complexity index is 594. The lowest BCUT2D eigenvalue weighted by Crippen LogP contribution is -2.83. The lowest BCUT2D eigenvalue weighted by Gasteiger charge is -2.43. The first kappa shape index (κ1) is 13.4. The van der Waals surface area contributed by atoms with Crippen LogP contribution in [0.2, 0.25) is 0 Å². The Morgan fingerprint density at radius 1 is 0.947 bits per heavy atom. The minimum Gasteiger partial charge on any atom is -0.453 e. The summed E-state index contributed by atoms with van der Waals surface area (Å²) in [6, 6.07) is 0. The number of hydrogen-bond acceptors (Lipinski definition) is 9. The van der Waals surface area contributed by atoms with Gasteiger partial charge in [0.25, 0.3) is 5.85 Å². The topological polar surface area (TPSA) is 208 Å². The average molecular weight is 267 g/mol. The van der Waals surface area contributed by atoms with Crippen LogP contribution in [0, 0.1) is 6.92 Å². The molecule has 104 valence electrons.